The summed E-state index contributed by atoms with van der Waals surface area (Å²) < 4.78 is 94.8. The van der Waals surface area contributed by atoms with Crippen LogP contribution < -0.4 is 26.2 Å². The third-order valence-electron chi connectivity index (χ3n) is 18.0. The van der Waals surface area contributed by atoms with Crippen LogP contribution in [-0.2, 0) is 47.3 Å². The van der Waals surface area contributed by atoms with Crippen molar-refractivity contribution in [2.24, 2.45) is 49.2 Å². The number of urea groups is 1. The molecule has 2 spiro atoms. The Balaban J connectivity index is 0.000000234. The first-order chi connectivity index (χ1) is 37.1. The van der Waals surface area contributed by atoms with Crippen LogP contribution in [0.15, 0.2) is 34.3 Å². The molecule has 22 heteroatoms. The molecule has 4 aliphatic heterocycles. The lowest BCUT2D eigenvalue weighted by molar-refractivity contribution is -0.170. The number of carbonyl (C=O) groups is 4. The van der Waals surface area contributed by atoms with Crippen LogP contribution in [0, 0.1) is 61.2 Å². The van der Waals surface area contributed by atoms with Gasteiger partial charge in [0.2, 0.25) is 20.0 Å². The minimum absolute atomic E-state index is 0.0142. The van der Waals surface area contributed by atoms with Crippen molar-refractivity contribution >= 4 is 66.8 Å². The summed E-state index contributed by atoms with van der Waals surface area (Å²) in [5.74, 6) is -0.460. The molecule has 4 heterocycles. The van der Waals surface area contributed by atoms with Crippen LogP contribution in [-0.4, -0.2) is 130 Å². The molecule has 2 saturated heterocycles. The molecule has 0 atom stereocenters. The van der Waals surface area contributed by atoms with Gasteiger partial charge in [-0.2, -0.15) is 13.2 Å². The Morgan fingerprint density at radius 1 is 0.593 bits per heavy atom. The number of benzene rings is 2. The highest BCUT2D eigenvalue weighted by Gasteiger charge is 2.52. The van der Waals surface area contributed by atoms with E-state index in [0.717, 1.165) is 73.9 Å². The van der Waals surface area contributed by atoms with Crippen LogP contribution in [0.1, 0.15) is 153 Å². The number of carbonyl (C=O) groups excluding carboxylic acids is 4. The predicted molar refractivity (Wildman–Crippen MR) is 312 cm³/mol. The molecule has 450 valence electrons. The summed E-state index contributed by atoms with van der Waals surface area (Å²) >= 11 is 0. The van der Waals surface area contributed by atoms with Gasteiger partial charge in [0.05, 0.1) is 11.5 Å². The van der Waals surface area contributed by atoms with Gasteiger partial charge in [-0.1, -0.05) is 55.4 Å². The number of aryl methyl sites for hydroxylation is 4. The third-order valence-corrected chi connectivity index (χ3v) is 21.7. The van der Waals surface area contributed by atoms with Crippen LogP contribution in [0.2, 0.25) is 0 Å². The van der Waals surface area contributed by atoms with Gasteiger partial charge >= 0.3 is 18.1 Å². The minimum Gasteiger partial charge on any atom is -0.351 e. The molecular weight excluding hydrogens is 1080 g/mol. The van der Waals surface area contributed by atoms with E-state index >= 15 is 0 Å². The number of nitrogens with two attached hydrogens (primary N) is 1. The van der Waals surface area contributed by atoms with Gasteiger partial charge in [0.1, 0.15) is 22.7 Å². The minimum atomic E-state index is -4.99. The second-order valence-corrected chi connectivity index (χ2v) is 31.7. The van der Waals surface area contributed by atoms with Crippen molar-refractivity contribution < 1.29 is 49.2 Å². The van der Waals surface area contributed by atoms with Crippen molar-refractivity contribution in [1.29, 1.82) is 0 Å². The topological polar surface area (TPSA) is 224 Å². The number of amidine groups is 2. The molecule has 5 amide bonds. The molecule has 8 rings (SSSR count). The average Bonchev–Trinajstić information content (AvgIpc) is 4.11. The Hall–Kier alpha value is -4.93. The number of amides is 5. The number of rotatable bonds is 12. The number of nitrogens with one attached hydrogen (secondary N) is 2. The van der Waals surface area contributed by atoms with Gasteiger partial charge in [0, 0.05) is 63.5 Å². The summed E-state index contributed by atoms with van der Waals surface area (Å²) in [7, 11) is -4.51. The number of hydrogen-bond acceptors (Lipinski definition) is 10. The van der Waals surface area contributed by atoms with E-state index in [9.17, 15) is 49.2 Å². The summed E-state index contributed by atoms with van der Waals surface area (Å²) in [6, 6.07) is 6.09. The summed E-state index contributed by atoms with van der Waals surface area (Å²) in [5.41, 5.74) is 9.75. The van der Waals surface area contributed by atoms with Crippen molar-refractivity contribution in [3.05, 3.63) is 57.6 Å². The first kappa shape index (κ1) is 63.6. The lowest BCUT2D eigenvalue weighted by atomic mass is 9.61. The van der Waals surface area contributed by atoms with Gasteiger partial charge in [-0.05, 0) is 184 Å². The molecule has 2 aliphatic carbocycles. The van der Waals surface area contributed by atoms with Crippen molar-refractivity contribution in [1.82, 2.24) is 19.2 Å². The summed E-state index contributed by atoms with van der Waals surface area (Å²) in [5, 5.41) is 6.16. The van der Waals surface area contributed by atoms with Crippen LogP contribution in [0.4, 0.5) is 29.3 Å². The van der Waals surface area contributed by atoms with Gasteiger partial charge in [-0.15, -0.1) is 0 Å². The van der Waals surface area contributed by atoms with E-state index in [1.807, 2.05) is 26.0 Å². The zero-order valence-corrected chi connectivity index (χ0v) is 51.8. The van der Waals surface area contributed by atoms with E-state index in [1.165, 1.54) is 25.6 Å². The molecule has 0 unspecified atom stereocenters. The molecule has 2 aromatic rings. The Morgan fingerprint density at radius 3 is 1.17 bits per heavy atom. The number of nitrogens with zero attached hydrogens (tertiary/aromatic N) is 6. The molecule has 0 bridgehead atoms. The molecule has 81 heavy (non-hydrogen) atoms. The van der Waals surface area contributed by atoms with Crippen LogP contribution in [0.25, 0.3) is 0 Å². The summed E-state index contributed by atoms with van der Waals surface area (Å²) in [6.07, 6.45) is 3.09. The van der Waals surface area contributed by atoms with Crippen LogP contribution >= 0.6 is 0 Å². The van der Waals surface area contributed by atoms with E-state index in [1.54, 1.807) is 20.9 Å². The van der Waals surface area contributed by atoms with Crippen molar-refractivity contribution in [3.8, 4) is 0 Å². The Morgan fingerprint density at radius 2 is 0.889 bits per heavy atom. The van der Waals surface area contributed by atoms with Gasteiger partial charge < -0.3 is 21.3 Å². The summed E-state index contributed by atoms with van der Waals surface area (Å²) in [4.78, 5) is 61.3. The number of piperidine rings is 2. The molecule has 4 N–H and O–H groups in total. The van der Waals surface area contributed by atoms with Gasteiger partial charge in [-0.3, -0.25) is 29.3 Å². The zero-order chi connectivity index (χ0) is 60.4. The van der Waals surface area contributed by atoms with Crippen molar-refractivity contribution in [3.63, 3.8) is 0 Å². The molecule has 2 aromatic carbocycles. The number of hydrogen-bond donors (Lipinski definition) is 3. The zero-order valence-electron chi connectivity index (χ0n) is 50.2. The first-order valence-electron chi connectivity index (χ1n) is 28.4. The Labute approximate surface area is 479 Å². The Bertz CT molecular complexity index is 3020. The second kappa shape index (κ2) is 22.6. The highest BCUT2D eigenvalue weighted by atomic mass is 32.2. The van der Waals surface area contributed by atoms with E-state index in [0.29, 0.717) is 59.4 Å². The fraction of sp³-hybridized carbons (Fsp3) is 0.695. The van der Waals surface area contributed by atoms with Crippen molar-refractivity contribution in [2.75, 3.05) is 61.6 Å². The molecule has 2 saturated carbocycles. The first-order valence-corrected chi connectivity index (χ1v) is 31.7. The molecule has 0 aromatic heterocycles. The van der Waals surface area contributed by atoms with E-state index in [4.69, 9.17) is 15.7 Å². The average molecular weight is 1170 g/mol. The fourth-order valence-corrected chi connectivity index (χ4v) is 17.7. The van der Waals surface area contributed by atoms with E-state index in [-0.39, 0.29) is 95.1 Å². The molecule has 6 aliphatic rings. The Kier molecular flexibility index (Phi) is 17.7. The number of primary amides is 1. The predicted octanol–water partition coefficient (Wildman–Crippen LogP) is 8.82. The van der Waals surface area contributed by atoms with Crippen LogP contribution in [0.3, 0.4) is 0 Å². The number of alkyl halides is 3. The fourth-order valence-electron chi connectivity index (χ4n) is 14.8. The van der Waals surface area contributed by atoms with Gasteiger partial charge in [-0.25, -0.2) is 30.2 Å². The second-order valence-electron chi connectivity index (χ2n) is 27.5. The summed E-state index contributed by atoms with van der Waals surface area (Å²) in [6.45, 7) is 26.3. The number of anilines is 2. The monoisotopic (exact) mass is 1170 g/mol. The molecule has 17 nitrogen and oxygen atoms in total. The highest BCUT2D eigenvalue weighted by Crippen LogP contribution is 2.51. The quantitative estimate of drug-likeness (QED) is 0.186. The number of aliphatic imine (C=N–C) groups is 2. The van der Waals surface area contributed by atoms with Gasteiger partial charge in [0.15, 0.2) is 0 Å². The number of sulfonamides is 2. The standard InChI is InChI=1S/C30H43F3N4O4S.C29H45N5O4S/c1-19-14-22(36(7)26(39)30(31,32)33)15-20(2)23(19)8-13-42(40,41)37-11-9-29(10-12-37)25(38)34-24(35-29)21-16-27(3,4)18-28(5,6)17-21;1-19-14-22(33(7)26(30)36)15-20(2)23(19)8-13-39(37,38)34-11-9-29(10-12-34)25(35)31-24(32-29)21-16-27(3,4)18-28(5,6)17-21/h14-15,21H,8-13,16-18H2,1-7H3,(H,34,35,38);14-15,21H,8-13,16-18H2,1-7H3,(H2,30,36)(H,31,32,35). The van der Waals surface area contributed by atoms with E-state index in [2.05, 4.69) is 66.0 Å². The van der Waals surface area contributed by atoms with Crippen LogP contribution in [0.5, 0.6) is 0 Å². The van der Waals surface area contributed by atoms with Gasteiger partial charge in [0.25, 0.3) is 11.8 Å². The molecule has 0 radical (unpaired) electrons. The maximum absolute atomic E-state index is 13.3. The molecule has 4 fully saturated rings. The van der Waals surface area contributed by atoms with Crippen molar-refractivity contribution in [2.45, 2.75) is 177 Å². The smallest absolute Gasteiger partial charge is 0.351 e. The SMILES string of the molecule is Cc1cc(N(C)C(=O)C(F)(F)F)cc(C)c1CCS(=O)(=O)N1CCC2(CC1)N=C(C1CC(C)(C)CC(C)(C)C1)NC2=O.Cc1cc(N(C)C(N)=O)cc(C)c1CCS(=O)(=O)N1CCC2(CC1)N=C(C1CC(C)(C)CC(C)(C)C1)NC2=O. The van der Waals surface area contributed by atoms with E-state index < -0.39 is 49.2 Å². The number of halogens is 3. The third kappa shape index (κ3) is 14.4. The highest BCUT2D eigenvalue weighted by molar-refractivity contribution is 7.89. The lowest BCUT2D eigenvalue weighted by Gasteiger charge is -2.44. The molecular formula is C59H88F3N9O8S2. The largest absolute Gasteiger partial charge is 0.471 e. The normalized spacial score (nSPS) is 22.8. The lowest BCUT2D eigenvalue weighted by Crippen LogP contribution is -2.51. The maximum atomic E-state index is 13.3. The maximum Gasteiger partial charge on any atom is 0.471 e.